The van der Waals surface area contributed by atoms with Gasteiger partial charge in [-0.3, -0.25) is 4.79 Å². The van der Waals surface area contributed by atoms with E-state index in [0.717, 1.165) is 37.7 Å². The minimum atomic E-state index is -1.05. The maximum atomic E-state index is 12.1. The number of phenolic OH excluding ortho intramolecular Hbond substituents is 1. The minimum Gasteiger partial charge on any atom is -0.508 e. The van der Waals surface area contributed by atoms with Gasteiger partial charge < -0.3 is 15.5 Å². The van der Waals surface area contributed by atoms with E-state index in [0.29, 0.717) is 6.42 Å². The molecule has 1 aromatic rings. The van der Waals surface area contributed by atoms with Crippen molar-refractivity contribution in [1.29, 1.82) is 0 Å². The van der Waals surface area contributed by atoms with Crippen LogP contribution in [0, 0.1) is 0 Å². The van der Waals surface area contributed by atoms with E-state index in [2.05, 4.69) is 36.5 Å². The molecule has 0 aromatic heterocycles. The minimum absolute atomic E-state index is 0.132. The Morgan fingerprint density at radius 2 is 1.42 bits per heavy atom. The Balaban J connectivity index is 2.03. The van der Waals surface area contributed by atoms with Gasteiger partial charge in [-0.15, -0.1) is 0 Å². The molecule has 0 aliphatic heterocycles. The van der Waals surface area contributed by atoms with Crippen molar-refractivity contribution >= 4 is 11.9 Å². The summed E-state index contributed by atoms with van der Waals surface area (Å²) < 4.78 is 0. The number of carbonyl (C=O) groups is 2. The first-order valence-corrected chi connectivity index (χ1v) is 12.6. The van der Waals surface area contributed by atoms with Crippen LogP contribution in [0.25, 0.3) is 0 Å². The van der Waals surface area contributed by atoms with Crippen molar-refractivity contribution in [3.63, 3.8) is 0 Å². The van der Waals surface area contributed by atoms with E-state index >= 15 is 0 Å². The molecule has 0 bridgehead atoms. The number of benzene rings is 1. The highest BCUT2D eigenvalue weighted by atomic mass is 16.4. The van der Waals surface area contributed by atoms with Crippen LogP contribution >= 0.6 is 0 Å². The molecule has 184 valence electrons. The molecule has 0 fully saturated rings. The normalized spacial score (nSPS) is 12.4. The highest BCUT2D eigenvalue weighted by Crippen LogP contribution is 2.12. The van der Waals surface area contributed by atoms with Crippen LogP contribution in [0.3, 0.4) is 0 Å². The molecule has 0 aliphatic carbocycles. The highest BCUT2D eigenvalue weighted by molar-refractivity contribution is 5.83. The molecule has 0 saturated heterocycles. The number of hydrogen-bond donors (Lipinski definition) is 3. The summed E-state index contributed by atoms with van der Waals surface area (Å²) in [7, 11) is 0. The summed E-state index contributed by atoms with van der Waals surface area (Å²) in [5.41, 5.74) is 0.759. The monoisotopic (exact) mass is 457 g/mol. The molecule has 5 heteroatoms. The van der Waals surface area contributed by atoms with Crippen molar-refractivity contribution < 1.29 is 19.8 Å². The van der Waals surface area contributed by atoms with Crippen LogP contribution in [-0.4, -0.2) is 28.1 Å². The Hall–Kier alpha value is -2.56. The van der Waals surface area contributed by atoms with Gasteiger partial charge in [0.25, 0.3) is 0 Å². The van der Waals surface area contributed by atoms with Gasteiger partial charge in [0.1, 0.15) is 11.8 Å². The molecule has 1 aromatic carbocycles. The lowest BCUT2D eigenvalue weighted by Gasteiger charge is -2.14. The number of unbranched alkanes of at least 4 members (excludes halogenated alkanes) is 9. The molecular weight excluding hydrogens is 414 g/mol. The molecule has 1 unspecified atom stereocenters. The number of rotatable bonds is 19. The molecule has 33 heavy (non-hydrogen) atoms. The SMILES string of the molecule is CCCCC/C=C\C/C=C\CCCCCCCCC(=O)NC(Cc1ccc(O)cc1)C(=O)O. The van der Waals surface area contributed by atoms with Gasteiger partial charge in [-0.25, -0.2) is 4.79 Å². The van der Waals surface area contributed by atoms with Gasteiger partial charge in [0.15, 0.2) is 0 Å². The Labute approximate surface area is 200 Å². The summed E-state index contributed by atoms with van der Waals surface area (Å²) in [6, 6.07) is 5.41. The highest BCUT2D eigenvalue weighted by Gasteiger charge is 2.20. The molecule has 1 rings (SSSR count). The average molecular weight is 458 g/mol. The van der Waals surface area contributed by atoms with Crippen LogP contribution in [0.1, 0.15) is 96.0 Å². The molecule has 0 saturated carbocycles. The zero-order valence-electron chi connectivity index (χ0n) is 20.3. The fourth-order valence-corrected chi connectivity index (χ4v) is 3.61. The quantitative estimate of drug-likeness (QED) is 0.159. The first-order chi connectivity index (χ1) is 16.0. The van der Waals surface area contributed by atoms with Gasteiger partial charge in [-0.05, 0) is 56.2 Å². The second-order valence-electron chi connectivity index (χ2n) is 8.66. The van der Waals surface area contributed by atoms with Crippen molar-refractivity contribution in [3.8, 4) is 5.75 Å². The van der Waals surface area contributed by atoms with Gasteiger partial charge in [0.05, 0.1) is 0 Å². The third kappa shape index (κ3) is 15.8. The first kappa shape index (κ1) is 28.5. The first-order valence-electron chi connectivity index (χ1n) is 12.6. The number of aliphatic carboxylic acids is 1. The number of nitrogens with one attached hydrogen (secondary N) is 1. The Kier molecular flexibility index (Phi) is 16.4. The molecule has 5 nitrogen and oxygen atoms in total. The van der Waals surface area contributed by atoms with Crippen LogP contribution in [-0.2, 0) is 16.0 Å². The van der Waals surface area contributed by atoms with Gasteiger partial charge in [0.2, 0.25) is 5.91 Å². The number of amides is 1. The molecule has 1 atom stereocenters. The lowest BCUT2D eigenvalue weighted by molar-refractivity contribution is -0.141. The van der Waals surface area contributed by atoms with E-state index in [4.69, 9.17) is 0 Å². The Morgan fingerprint density at radius 3 is 2.03 bits per heavy atom. The largest absolute Gasteiger partial charge is 0.508 e. The molecule has 0 spiro atoms. The van der Waals surface area contributed by atoms with Crippen molar-refractivity contribution in [2.24, 2.45) is 0 Å². The standard InChI is InChI=1S/C28H43NO4/c1-2-3-4-5-6-7-8-9-10-11-12-13-14-15-16-17-18-27(31)29-26(28(32)33)23-24-19-21-25(30)22-20-24/h6-7,9-10,19-22,26,30H,2-5,8,11-18,23H2,1H3,(H,29,31)(H,32,33)/b7-6-,10-9-. The van der Waals surface area contributed by atoms with Crippen LogP contribution < -0.4 is 5.32 Å². The third-order valence-electron chi connectivity index (χ3n) is 5.61. The molecule has 0 radical (unpaired) electrons. The van der Waals surface area contributed by atoms with Gasteiger partial charge >= 0.3 is 5.97 Å². The molecule has 1 amide bonds. The number of carbonyl (C=O) groups excluding carboxylic acids is 1. The number of phenols is 1. The maximum Gasteiger partial charge on any atom is 0.326 e. The predicted octanol–water partition coefficient (Wildman–Crippen LogP) is 6.71. The molecule has 0 heterocycles. The summed E-state index contributed by atoms with van der Waals surface area (Å²) in [6.45, 7) is 2.23. The summed E-state index contributed by atoms with van der Waals surface area (Å²) in [4.78, 5) is 23.6. The van der Waals surface area contributed by atoms with E-state index in [1.54, 1.807) is 12.1 Å². The van der Waals surface area contributed by atoms with E-state index in [1.807, 2.05) is 0 Å². The fraction of sp³-hybridized carbons (Fsp3) is 0.571. The van der Waals surface area contributed by atoms with E-state index < -0.39 is 12.0 Å². The topological polar surface area (TPSA) is 86.6 Å². The maximum absolute atomic E-state index is 12.1. The smallest absolute Gasteiger partial charge is 0.326 e. The fourth-order valence-electron chi connectivity index (χ4n) is 3.61. The lowest BCUT2D eigenvalue weighted by Crippen LogP contribution is -2.42. The number of aromatic hydroxyl groups is 1. The van der Waals surface area contributed by atoms with Gasteiger partial charge in [-0.1, -0.05) is 81.9 Å². The molecule has 3 N–H and O–H groups in total. The number of carboxylic acids is 1. The number of hydrogen-bond acceptors (Lipinski definition) is 3. The van der Waals surface area contributed by atoms with Crippen molar-refractivity contribution in [2.75, 3.05) is 0 Å². The second kappa shape index (κ2) is 19.0. The van der Waals surface area contributed by atoms with Crippen molar-refractivity contribution in [2.45, 2.75) is 103 Å². The van der Waals surface area contributed by atoms with E-state index in [1.165, 1.54) is 57.1 Å². The zero-order chi connectivity index (χ0) is 24.2. The van der Waals surface area contributed by atoms with E-state index in [9.17, 15) is 19.8 Å². The van der Waals surface area contributed by atoms with Crippen LogP contribution in [0.2, 0.25) is 0 Å². The Morgan fingerprint density at radius 1 is 0.848 bits per heavy atom. The average Bonchev–Trinajstić information content (AvgIpc) is 2.79. The second-order valence-corrected chi connectivity index (χ2v) is 8.66. The van der Waals surface area contributed by atoms with Gasteiger partial charge in [-0.2, -0.15) is 0 Å². The summed E-state index contributed by atoms with van der Waals surface area (Å²) in [5, 5.41) is 21.3. The van der Waals surface area contributed by atoms with E-state index in [-0.39, 0.29) is 18.1 Å². The lowest BCUT2D eigenvalue weighted by atomic mass is 10.0. The summed E-state index contributed by atoms with van der Waals surface area (Å²) >= 11 is 0. The third-order valence-corrected chi connectivity index (χ3v) is 5.61. The zero-order valence-corrected chi connectivity index (χ0v) is 20.3. The van der Waals surface area contributed by atoms with Crippen LogP contribution in [0.5, 0.6) is 5.75 Å². The molecule has 0 aliphatic rings. The van der Waals surface area contributed by atoms with Crippen LogP contribution in [0.15, 0.2) is 48.6 Å². The van der Waals surface area contributed by atoms with Gasteiger partial charge in [0, 0.05) is 12.8 Å². The number of carboxylic acid groups (broad SMARTS) is 1. The molecular formula is C28H43NO4. The predicted molar refractivity (Wildman–Crippen MR) is 135 cm³/mol. The Bertz CT molecular complexity index is 709. The summed E-state index contributed by atoms with van der Waals surface area (Å²) in [5.74, 6) is -1.13. The van der Waals surface area contributed by atoms with Crippen molar-refractivity contribution in [3.05, 3.63) is 54.1 Å². The summed E-state index contributed by atoms with van der Waals surface area (Å²) in [6.07, 6.45) is 23.3. The van der Waals surface area contributed by atoms with Crippen LogP contribution in [0.4, 0.5) is 0 Å². The number of allylic oxidation sites excluding steroid dienone is 4. The van der Waals surface area contributed by atoms with Crippen molar-refractivity contribution in [1.82, 2.24) is 5.32 Å².